The van der Waals surface area contributed by atoms with Crippen molar-refractivity contribution >= 4 is 17.5 Å². The number of aryl methyl sites for hydroxylation is 2. The van der Waals surface area contributed by atoms with Crippen molar-refractivity contribution in [2.75, 3.05) is 13.2 Å². The van der Waals surface area contributed by atoms with Gasteiger partial charge in [0.2, 0.25) is 0 Å². The maximum Gasteiger partial charge on any atom is 0.260 e. The molecule has 0 fully saturated rings. The zero-order valence-corrected chi connectivity index (χ0v) is 16.6. The van der Waals surface area contributed by atoms with Gasteiger partial charge in [-0.05, 0) is 61.4 Å². The monoisotopic (exact) mass is 396 g/mol. The molecule has 6 heteroatoms. The molecule has 1 aromatic heterocycles. The zero-order chi connectivity index (χ0) is 19.7. The quantitative estimate of drug-likeness (QED) is 0.648. The van der Waals surface area contributed by atoms with Crippen molar-refractivity contribution in [1.82, 2.24) is 10.1 Å². The molecule has 1 amide bonds. The summed E-state index contributed by atoms with van der Waals surface area (Å²) in [5, 5.41) is 4.85. The van der Waals surface area contributed by atoms with Gasteiger partial charge in [0.05, 0.1) is 12.2 Å². The summed E-state index contributed by atoms with van der Waals surface area (Å²) in [5.41, 5.74) is 5.10. The summed E-state index contributed by atoms with van der Waals surface area (Å²) in [6.07, 6.45) is 0.668. The van der Waals surface area contributed by atoms with Crippen LogP contribution >= 0.6 is 11.6 Å². The van der Waals surface area contributed by atoms with Gasteiger partial charge in [-0.3, -0.25) is 4.79 Å². The molecule has 0 saturated heterocycles. The second-order valence-corrected chi connectivity index (χ2v) is 7.48. The predicted octanol–water partition coefficient (Wildman–Crippen LogP) is 4.58. The fourth-order valence-corrected chi connectivity index (χ4v) is 3.42. The first-order chi connectivity index (χ1) is 13.5. The molecular weight excluding hydrogens is 376 g/mol. The summed E-state index contributed by atoms with van der Waals surface area (Å²) in [7, 11) is 0. The van der Waals surface area contributed by atoms with E-state index in [1.165, 1.54) is 5.56 Å². The van der Waals surface area contributed by atoms with Crippen LogP contribution in [0.5, 0.6) is 5.75 Å². The lowest BCUT2D eigenvalue weighted by atomic mass is 10.0. The average molecular weight is 397 g/mol. The molecule has 0 unspecified atom stereocenters. The minimum Gasteiger partial charge on any atom is -0.484 e. The fourth-order valence-electron chi connectivity index (χ4n) is 3.29. The van der Waals surface area contributed by atoms with Crippen molar-refractivity contribution in [2.24, 2.45) is 0 Å². The number of carbonyl (C=O) groups excluding carboxylic acids is 1. The van der Waals surface area contributed by atoms with Crippen LogP contribution in [0, 0.1) is 13.8 Å². The molecule has 2 heterocycles. The molecule has 3 aromatic rings. The van der Waals surface area contributed by atoms with E-state index in [0.29, 0.717) is 36.0 Å². The maximum absolute atomic E-state index is 12.7. The molecule has 0 atom stereocenters. The minimum absolute atomic E-state index is 0.0133. The second-order valence-electron chi connectivity index (χ2n) is 7.04. The number of hydrogen-bond acceptors (Lipinski definition) is 4. The normalized spacial score (nSPS) is 13.3. The summed E-state index contributed by atoms with van der Waals surface area (Å²) < 4.78 is 11.3. The lowest BCUT2D eigenvalue weighted by molar-refractivity contribution is -0.134. The molecule has 144 valence electrons. The number of ether oxygens (including phenoxy) is 1. The predicted molar refractivity (Wildman–Crippen MR) is 107 cm³/mol. The lowest BCUT2D eigenvalue weighted by Gasteiger charge is -2.26. The Bertz CT molecular complexity index is 1010. The third kappa shape index (κ3) is 3.76. The maximum atomic E-state index is 12.7. The Morgan fingerprint density at radius 3 is 2.71 bits per heavy atom. The van der Waals surface area contributed by atoms with E-state index in [9.17, 15) is 4.79 Å². The van der Waals surface area contributed by atoms with E-state index in [0.717, 1.165) is 22.4 Å². The van der Waals surface area contributed by atoms with Gasteiger partial charge in [-0.2, -0.15) is 0 Å². The number of fused-ring (bicyclic) bond motifs is 1. The van der Waals surface area contributed by atoms with E-state index in [4.69, 9.17) is 20.9 Å². The summed E-state index contributed by atoms with van der Waals surface area (Å²) in [5.74, 6) is 1.35. The molecule has 4 rings (SSSR count). The molecule has 28 heavy (non-hydrogen) atoms. The molecule has 0 N–H and O–H groups in total. The van der Waals surface area contributed by atoms with Crippen LogP contribution in [0.15, 0.2) is 47.0 Å². The second kappa shape index (κ2) is 7.68. The highest BCUT2D eigenvalue weighted by atomic mass is 35.5. The third-order valence-electron chi connectivity index (χ3n) is 5.14. The fraction of sp³-hybridized carbons (Fsp3) is 0.273. The Kier molecular flexibility index (Phi) is 5.09. The van der Waals surface area contributed by atoms with E-state index < -0.39 is 0 Å². The van der Waals surface area contributed by atoms with Gasteiger partial charge in [0.15, 0.2) is 12.4 Å². The summed E-state index contributed by atoms with van der Waals surface area (Å²) in [6, 6.07) is 13.3. The standard InChI is InChI=1S/C22H21ClN2O3/c1-14-3-8-18(11-15(14)2)27-13-21(26)25-10-9-20-19(12-25)22(28-24-20)16-4-6-17(23)7-5-16/h3-8,11H,9-10,12-13H2,1-2H3. The number of aromatic nitrogens is 1. The lowest BCUT2D eigenvalue weighted by Crippen LogP contribution is -2.38. The molecule has 0 radical (unpaired) electrons. The smallest absolute Gasteiger partial charge is 0.260 e. The summed E-state index contributed by atoms with van der Waals surface area (Å²) in [4.78, 5) is 14.5. The molecule has 0 aliphatic carbocycles. The van der Waals surface area contributed by atoms with Crippen molar-refractivity contribution in [3.8, 4) is 17.1 Å². The highest BCUT2D eigenvalue weighted by Gasteiger charge is 2.27. The largest absolute Gasteiger partial charge is 0.484 e. The van der Waals surface area contributed by atoms with Crippen LogP contribution in [-0.2, 0) is 17.8 Å². The zero-order valence-electron chi connectivity index (χ0n) is 15.9. The third-order valence-corrected chi connectivity index (χ3v) is 5.39. The van der Waals surface area contributed by atoms with E-state index >= 15 is 0 Å². The van der Waals surface area contributed by atoms with E-state index in [2.05, 4.69) is 5.16 Å². The van der Waals surface area contributed by atoms with Gasteiger partial charge in [-0.25, -0.2) is 0 Å². The Morgan fingerprint density at radius 2 is 1.96 bits per heavy atom. The number of rotatable bonds is 4. The molecule has 0 bridgehead atoms. The van der Waals surface area contributed by atoms with Crippen LogP contribution in [0.1, 0.15) is 22.4 Å². The van der Waals surface area contributed by atoms with Gasteiger partial charge in [0, 0.05) is 29.1 Å². The number of amides is 1. The molecule has 1 aliphatic rings. The Balaban J connectivity index is 1.45. The van der Waals surface area contributed by atoms with Crippen LogP contribution in [-0.4, -0.2) is 29.1 Å². The van der Waals surface area contributed by atoms with E-state index in [1.807, 2.05) is 56.3 Å². The molecule has 2 aromatic carbocycles. The molecule has 0 saturated carbocycles. The number of hydrogen-bond donors (Lipinski definition) is 0. The number of halogens is 1. The summed E-state index contributed by atoms with van der Waals surface area (Å²) >= 11 is 5.97. The first-order valence-electron chi connectivity index (χ1n) is 9.22. The van der Waals surface area contributed by atoms with Crippen LogP contribution in [0.3, 0.4) is 0 Å². The van der Waals surface area contributed by atoms with Crippen molar-refractivity contribution in [3.05, 3.63) is 69.9 Å². The molecule has 1 aliphatic heterocycles. The van der Waals surface area contributed by atoms with Crippen LogP contribution in [0.25, 0.3) is 11.3 Å². The van der Waals surface area contributed by atoms with Crippen molar-refractivity contribution in [3.63, 3.8) is 0 Å². The topological polar surface area (TPSA) is 55.6 Å². The number of benzene rings is 2. The van der Waals surface area contributed by atoms with Crippen molar-refractivity contribution in [2.45, 2.75) is 26.8 Å². The molecule has 0 spiro atoms. The van der Waals surface area contributed by atoms with Gasteiger partial charge < -0.3 is 14.2 Å². The van der Waals surface area contributed by atoms with E-state index in [-0.39, 0.29) is 12.5 Å². The number of carbonyl (C=O) groups is 1. The van der Waals surface area contributed by atoms with Gasteiger partial charge in [0.1, 0.15) is 5.75 Å². The summed E-state index contributed by atoms with van der Waals surface area (Å²) in [6.45, 7) is 5.16. The van der Waals surface area contributed by atoms with Gasteiger partial charge in [-0.1, -0.05) is 22.8 Å². The molecular formula is C22H21ClN2O3. The van der Waals surface area contributed by atoms with Gasteiger partial charge in [-0.15, -0.1) is 0 Å². The van der Waals surface area contributed by atoms with Gasteiger partial charge in [0.25, 0.3) is 5.91 Å². The number of nitrogens with zero attached hydrogens (tertiary/aromatic N) is 2. The SMILES string of the molecule is Cc1ccc(OCC(=O)N2CCc3noc(-c4ccc(Cl)cc4)c3C2)cc1C. The average Bonchev–Trinajstić information content (AvgIpc) is 3.12. The first kappa shape index (κ1) is 18.6. The highest BCUT2D eigenvalue weighted by molar-refractivity contribution is 6.30. The highest BCUT2D eigenvalue weighted by Crippen LogP contribution is 2.31. The van der Waals surface area contributed by atoms with Crippen molar-refractivity contribution < 1.29 is 14.1 Å². The van der Waals surface area contributed by atoms with Crippen LogP contribution in [0.4, 0.5) is 0 Å². The van der Waals surface area contributed by atoms with Crippen molar-refractivity contribution in [1.29, 1.82) is 0 Å². The van der Waals surface area contributed by atoms with Crippen LogP contribution in [0.2, 0.25) is 5.02 Å². The van der Waals surface area contributed by atoms with Gasteiger partial charge >= 0.3 is 0 Å². The molecule has 5 nitrogen and oxygen atoms in total. The van der Waals surface area contributed by atoms with E-state index in [1.54, 1.807) is 4.90 Å². The van der Waals surface area contributed by atoms with Crippen LogP contribution < -0.4 is 4.74 Å². The Hall–Kier alpha value is -2.79. The first-order valence-corrected chi connectivity index (χ1v) is 9.60. The minimum atomic E-state index is -0.0489. The Labute approximate surface area is 168 Å². The Morgan fingerprint density at radius 1 is 1.18 bits per heavy atom.